The number of carbonyl (C=O) groups excluding carboxylic acids is 1. The zero-order chi connectivity index (χ0) is 18.7. The van der Waals surface area contributed by atoms with Crippen molar-refractivity contribution in [3.63, 3.8) is 0 Å². The van der Waals surface area contributed by atoms with Gasteiger partial charge in [0.05, 0.1) is 15.1 Å². The second-order valence-electron chi connectivity index (χ2n) is 5.42. The quantitative estimate of drug-likeness (QED) is 0.673. The first-order valence-corrected chi connectivity index (χ1v) is 10.1. The molecule has 0 saturated heterocycles. The van der Waals surface area contributed by atoms with E-state index in [2.05, 4.69) is 15.0 Å². The highest BCUT2D eigenvalue weighted by Gasteiger charge is 2.18. The number of amides is 1. The van der Waals surface area contributed by atoms with Crippen molar-refractivity contribution in [3.05, 3.63) is 48.5 Å². The zero-order valence-electron chi connectivity index (χ0n) is 14.1. The molecule has 0 fully saturated rings. The Morgan fingerprint density at radius 3 is 2.62 bits per heavy atom. The molecule has 7 nitrogen and oxygen atoms in total. The minimum Gasteiger partial charge on any atom is -0.481 e. The average molecular weight is 391 g/mol. The van der Waals surface area contributed by atoms with E-state index in [-0.39, 0.29) is 10.8 Å². The third kappa shape index (κ3) is 4.01. The maximum atomic E-state index is 12.3. The van der Waals surface area contributed by atoms with Crippen LogP contribution in [-0.2, 0) is 14.8 Å². The van der Waals surface area contributed by atoms with E-state index in [1.165, 1.54) is 30.5 Å². The molecule has 26 heavy (non-hydrogen) atoms. The monoisotopic (exact) mass is 391 g/mol. The Morgan fingerprint density at radius 2 is 1.92 bits per heavy atom. The molecule has 0 aliphatic rings. The Labute approximate surface area is 155 Å². The molecular formula is C17H17N3O4S2. The van der Waals surface area contributed by atoms with Crippen LogP contribution in [-0.4, -0.2) is 32.5 Å². The maximum absolute atomic E-state index is 12.3. The van der Waals surface area contributed by atoms with Gasteiger partial charge in [-0.25, -0.2) is 18.1 Å². The predicted molar refractivity (Wildman–Crippen MR) is 101 cm³/mol. The molecule has 0 aliphatic heterocycles. The number of sulfonamides is 1. The van der Waals surface area contributed by atoms with Gasteiger partial charge in [0, 0.05) is 0 Å². The summed E-state index contributed by atoms with van der Waals surface area (Å²) in [5.41, 5.74) is 0.608. The summed E-state index contributed by atoms with van der Waals surface area (Å²) in [7, 11) is -2.18. The standard InChI is InChI=1S/C17H17N3O4S2/c1-11(24-12-6-4-3-5-7-12)16(21)20-17-19-14-9-8-13(10-15(14)25-17)26(22,23)18-2/h3-11,18H,1-2H3,(H,19,20,21). The Kier molecular flexibility index (Phi) is 5.21. The van der Waals surface area contributed by atoms with Crippen molar-refractivity contribution in [2.75, 3.05) is 12.4 Å². The SMILES string of the molecule is CNS(=O)(=O)c1ccc2nc(NC(=O)C(C)Oc3ccccc3)sc2c1. The Bertz CT molecular complexity index is 1030. The lowest BCUT2D eigenvalue weighted by Crippen LogP contribution is -2.30. The second kappa shape index (κ2) is 7.40. The molecule has 0 radical (unpaired) electrons. The van der Waals surface area contributed by atoms with Crippen LogP contribution in [0.4, 0.5) is 5.13 Å². The summed E-state index contributed by atoms with van der Waals surface area (Å²) in [6.07, 6.45) is -0.704. The molecule has 1 heterocycles. The fraction of sp³-hybridized carbons (Fsp3) is 0.176. The number of aromatic nitrogens is 1. The molecule has 1 atom stereocenters. The van der Waals surface area contributed by atoms with Gasteiger partial charge in [-0.2, -0.15) is 0 Å². The smallest absolute Gasteiger partial charge is 0.266 e. The Morgan fingerprint density at radius 1 is 1.19 bits per heavy atom. The summed E-state index contributed by atoms with van der Waals surface area (Å²) in [5, 5.41) is 3.08. The van der Waals surface area contributed by atoms with Crippen molar-refractivity contribution < 1.29 is 17.9 Å². The maximum Gasteiger partial charge on any atom is 0.266 e. The summed E-state index contributed by atoms with van der Waals surface area (Å²) in [6.45, 7) is 1.65. The minimum absolute atomic E-state index is 0.148. The number of nitrogens with zero attached hydrogens (tertiary/aromatic N) is 1. The van der Waals surface area contributed by atoms with E-state index in [9.17, 15) is 13.2 Å². The molecule has 0 aliphatic carbocycles. The highest BCUT2D eigenvalue weighted by Crippen LogP contribution is 2.28. The lowest BCUT2D eigenvalue weighted by atomic mass is 10.3. The van der Waals surface area contributed by atoms with Crippen molar-refractivity contribution in [2.45, 2.75) is 17.9 Å². The lowest BCUT2D eigenvalue weighted by molar-refractivity contribution is -0.122. The summed E-state index contributed by atoms with van der Waals surface area (Å²) < 4.78 is 32.3. The van der Waals surface area contributed by atoms with Gasteiger partial charge in [-0.1, -0.05) is 29.5 Å². The number of rotatable bonds is 6. The fourth-order valence-electron chi connectivity index (χ4n) is 2.21. The van der Waals surface area contributed by atoms with Crippen LogP contribution >= 0.6 is 11.3 Å². The number of carbonyl (C=O) groups is 1. The number of ether oxygens (including phenoxy) is 1. The number of hydrogen-bond donors (Lipinski definition) is 2. The fourth-order valence-corrected chi connectivity index (χ4v) is 3.95. The molecule has 1 unspecified atom stereocenters. The van der Waals surface area contributed by atoms with Crippen LogP contribution < -0.4 is 14.8 Å². The lowest BCUT2D eigenvalue weighted by Gasteiger charge is -2.13. The largest absolute Gasteiger partial charge is 0.481 e. The Balaban J connectivity index is 1.75. The van der Waals surface area contributed by atoms with Crippen LogP contribution in [0.2, 0.25) is 0 Å². The van der Waals surface area contributed by atoms with Crippen molar-refractivity contribution in [1.29, 1.82) is 0 Å². The number of anilines is 1. The van der Waals surface area contributed by atoms with Gasteiger partial charge in [-0.3, -0.25) is 10.1 Å². The second-order valence-corrected chi connectivity index (χ2v) is 8.34. The van der Waals surface area contributed by atoms with Crippen LogP contribution in [0.25, 0.3) is 10.2 Å². The number of fused-ring (bicyclic) bond motifs is 1. The summed E-state index contributed by atoms with van der Waals surface area (Å²) >= 11 is 1.20. The number of para-hydroxylation sites is 1. The van der Waals surface area contributed by atoms with Gasteiger partial charge >= 0.3 is 0 Å². The molecule has 136 valence electrons. The topological polar surface area (TPSA) is 97.4 Å². The van der Waals surface area contributed by atoms with E-state index in [1.807, 2.05) is 18.2 Å². The molecule has 2 N–H and O–H groups in total. The molecule has 1 amide bonds. The first kappa shape index (κ1) is 18.3. The van der Waals surface area contributed by atoms with Crippen LogP contribution in [0.5, 0.6) is 5.75 Å². The highest BCUT2D eigenvalue weighted by molar-refractivity contribution is 7.89. The van der Waals surface area contributed by atoms with Crippen LogP contribution in [0.3, 0.4) is 0 Å². The van der Waals surface area contributed by atoms with Crippen molar-refractivity contribution in [2.24, 2.45) is 0 Å². The van der Waals surface area contributed by atoms with Crippen LogP contribution in [0, 0.1) is 0 Å². The van der Waals surface area contributed by atoms with Crippen molar-refractivity contribution in [1.82, 2.24) is 9.71 Å². The minimum atomic E-state index is -3.53. The molecule has 0 saturated carbocycles. The number of benzene rings is 2. The van der Waals surface area contributed by atoms with Crippen molar-refractivity contribution >= 4 is 42.6 Å². The van der Waals surface area contributed by atoms with E-state index in [1.54, 1.807) is 25.1 Å². The molecule has 9 heteroatoms. The highest BCUT2D eigenvalue weighted by atomic mass is 32.2. The van der Waals surface area contributed by atoms with Crippen LogP contribution in [0.15, 0.2) is 53.4 Å². The normalized spacial score (nSPS) is 12.7. The number of nitrogens with one attached hydrogen (secondary N) is 2. The Hall–Kier alpha value is -2.49. The van der Waals surface area contributed by atoms with Crippen LogP contribution in [0.1, 0.15) is 6.92 Å². The molecule has 0 bridgehead atoms. The zero-order valence-corrected chi connectivity index (χ0v) is 15.7. The van der Waals surface area contributed by atoms with E-state index in [0.29, 0.717) is 21.1 Å². The summed E-state index contributed by atoms with van der Waals surface area (Å²) in [5.74, 6) is 0.261. The number of thiazole rings is 1. The van der Waals surface area contributed by atoms with Gasteiger partial charge < -0.3 is 4.74 Å². The summed E-state index contributed by atoms with van der Waals surface area (Å²) in [6, 6.07) is 13.7. The summed E-state index contributed by atoms with van der Waals surface area (Å²) in [4.78, 5) is 16.7. The first-order valence-electron chi connectivity index (χ1n) is 7.76. The van der Waals surface area contributed by atoms with Gasteiger partial charge in [0.25, 0.3) is 5.91 Å². The third-order valence-electron chi connectivity index (χ3n) is 3.59. The predicted octanol–water partition coefficient (Wildman–Crippen LogP) is 2.61. The molecule has 1 aromatic heterocycles. The van der Waals surface area contributed by atoms with Gasteiger partial charge in [0.2, 0.25) is 10.0 Å². The van der Waals surface area contributed by atoms with E-state index in [0.717, 1.165) is 0 Å². The van der Waals surface area contributed by atoms with Gasteiger partial charge in [-0.05, 0) is 44.3 Å². The van der Waals surface area contributed by atoms with Crippen molar-refractivity contribution in [3.8, 4) is 5.75 Å². The van der Waals surface area contributed by atoms with Gasteiger partial charge in [0.1, 0.15) is 5.75 Å². The first-order chi connectivity index (χ1) is 12.4. The molecule has 0 spiro atoms. The third-order valence-corrected chi connectivity index (χ3v) is 5.94. The van der Waals surface area contributed by atoms with E-state index < -0.39 is 16.1 Å². The van der Waals surface area contributed by atoms with Gasteiger partial charge in [0.15, 0.2) is 11.2 Å². The van der Waals surface area contributed by atoms with Gasteiger partial charge in [-0.15, -0.1) is 0 Å². The van der Waals surface area contributed by atoms with E-state index >= 15 is 0 Å². The molecular weight excluding hydrogens is 374 g/mol. The molecule has 3 aromatic rings. The molecule has 3 rings (SSSR count). The number of hydrogen-bond acceptors (Lipinski definition) is 6. The molecule has 2 aromatic carbocycles. The van der Waals surface area contributed by atoms with E-state index in [4.69, 9.17) is 4.74 Å². The average Bonchev–Trinajstić information content (AvgIpc) is 3.03.